The first-order valence-corrected chi connectivity index (χ1v) is 8.94. The van der Waals surface area contributed by atoms with E-state index in [1.807, 2.05) is 0 Å². The molecular formula is C20H23FN4O. The Bertz CT molecular complexity index is 923. The van der Waals surface area contributed by atoms with Crippen molar-refractivity contribution in [2.45, 2.75) is 19.1 Å². The third-order valence-electron chi connectivity index (χ3n) is 5.02. The summed E-state index contributed by atoms with van der Waals surface area (Å²) in [5.74, 6) is 0.270. The highest BCUT2D eigenvalue weighted by Crippen LogP contribution is 2.21. The van der Waals surface area contributed by atoms with Gasteiger partial charge >= 0.3 is 0 Å². The third-order valence-corrected chi connectivity index (χ3v) is 5.02. The van der Waals surface area contributed by atoms with Gasteiger partial charge in [-0.1, -0.05) is 30.3 Å². The maximum atomic E-state index is 13.9. The zero-order valence-corrected chi connectivity index (χ0v) is 14.8. The lowest BCUT2D eigenvalue weighted by atomic mass is 10.00. The molecule has 0 saturated heterocycles. The SMILES string of the molecule is Cn1c(NC[C@@H](O)CN2CCc3ccccc3C2)nc2cccc(F)c21. The van der Waals surface area contributed by atoms with Gasteiger partial charge in [0.05, 0.1) is 11.6 Å². The number of para-hydroxylation sites is 1. The Kier molecular flexibility index (Phi) is 4.61. The lowest BCUT2D eigenvalue weighted by Crippen LogP contribution is -2.39. The fraction of sp³-hybridized carbons (Fsp3) is 0.350. The second-order valence-electron chi connectivity index (χ2n) is 6.89. The molecule has 26 heavy (non-hydrogen) atoms. The molecule has 2 aromatic carbocycles. The van der Waals surface area contributed by atoms with Crippen molar-refractivity contribution in [3.8, 4) is 0 Å². The topological polar surface area (TPSA) is 53.3 Å². The maximum absolute atomic E-state index is 13.9. The molecular weight excluding hydrogens is 331 g/mol. The lowest BCUT2D eigenvalue weighted by molar-refractivity contribution is 0.114. The van der Waals surface area contributed by atoms with Crippen LogP contribution < -0.4 is 5.32 Å². The van der Waals surface area contributed by atoms with Gasteiger partial charge in [-0.25, -0.2) is 9.37 Å². The van der Waals surface area contributed by atoms with E-state index < -0.39 is 6.10 Å². The molecule has 0 aliphatic carbocycles. The molecule has 0 fully saturated rings. The van der Waals surface area contributed by atoms with Crippen LogP contribution in [0.2, 0.25) is 0 Å². The first-order chi connectivity index (χ1) is 12.6. The predicted molar refractivity (Wildman–Crippen MR) is 101 cm³/mol. The fourth-order valence-corrected chi connectivity index (χ4v) is 3.66. The average molecular weight is 354 g/mol. The molecule has 0 amide bonds. The minimum absolute atomic E-state index is 0.293. The van der Waals surface area contributed by atoms with Crippen LogP contribution in [0, 0.1) is 5.82 Å². The number of aromatic nitrogens is 2. The van der Waals surface area contributed by atoms with Crippen LogP contribution in [0.1, 0.15) is 11.1 Å². The molecule has 0 saturated carbocycles. The zero-order valence-electron chi connectivity index (χ0n) is 14.8. The van der Waals surface area contributed by atoms with E-state index >= 15 is 0 Å². The van der Waals surface area contributed by atoms with Crippen LogP contribution in [-0.4, -0.2) is 45.3 Å². The van der Waals surface area contributed by atoms with Crippen LogP contribution in [0.25, 0.3) is 11.0 Å². The van der Waals surface area contributed by atoms with Crippen LogP contribution in [0.4, 0.5) is 10.3 Å². The Morgan fingerprint density at radius 2 is 2.00 bits per heavy atom. The quantitative estimate of drug-likeness (QED) is 0.739. The van der Waals surface area contributed by atoms with Gasteiger partial charge in [-0.05, 0) is 29.7 Å². The molecule has 0 unspecified atom stereocenters. The number of aliphatic hydroxyl groups excluding tert-OH is 1. The van der Waals surface area contributed by atoms with Crippen molar-refractivity contribution >= 4 is 17.0 Å². The Balaban J connectivity index is 1.37. The minimum atomic E-state index is -0.523. The van der Waals surface area contributed by atoms with Crippen molar-refractivity contribution in [2.24, 2.45) is 7.05 Å². The van der Waals surface area contributed by atoms with Gasteiger partial charge in [0.1, 0.15) is 11.3 Å². The van der Waals surface area contributed by atoms with E-state index in [-0.39, 0.29) is 5.82 Å². The van der Waals surface area contributed by atoms with E-state index in [1.54, 1.807) is 23.7 Å². The highest BCUT2D eigenvalue weighted by Gasteiger charge is 2.19. The zero-order chi connectivity index (χ0) is 18.1. The number of nitrogens with zero attached hydrogens (tertiary/aromatic N) is 3. The molecule has 1 atom stereocenters. The van der Waals surface area contributed by atoms with E-state index in [0.29, 0.717) is 30.1 Å². The van der Waals surface area contributed by atoms with E-state index in [4.69, 9.17) is 0 Å². The number of anilines is 1. The van der Waals surface area contributed by atoms with Gasteiger partial charge in [-0.3, -0.25) is 4.90 Å². The van der Waals surface area contributed by atoms with Gasteiger partial charge in [0.15, 0.2) is 0 Å². The molecule has 1 aliphatic heterocycles. The summed E-state index contributed by atoms with van der Waals surface area (Å²) >= 11 is 0. The summed E-state index contributed by atoms with van der Waals surface area (Å²) in [5, 5.41) is 13.6. The largest absolute Gasteiger partial charge is 0.390 e. The lowest BCUT2D eigenvalue weighted by Gasteiger charge is -2.30. The van der Waals surface area contributed by atoms with Crippen molar-refractivity contribution in [1.29, 1.82) is 0 Å². The minimum Gasteiger partial charge on any atom is -0.390 e. The predicted octanol–water partition coefficient (Wildman–Crippen LogP) is 2.54. The van der Waals surface area contributed by atoms with Crippen LogP contribution >= 0.6 is 0 Å². The summed E-state index contributed by atoms with van der Waals surface area (Å²) in [6.45, 7) is 2.78. The molecule has 0 spiro atoms. The van der Waals surface area contributed by atoms with Gasteiger partial charge in [0, 0.05) is 33.2 Å². The molecule has 5 nitrogen and oxygen atoms in total. The normalized spacial score (nSPS) is 15.8. The van der Waals surface area contributed by atoms with E-state index in [1.165, 1.54) is 17.2 Å². The summed E-state index contributed by atoms with van der Waals surface area (Å²) in [5.41, 5.74) is 3.82. The second kappa shape index (κ2) is 7.05. The number of imidazole rings is 1. The van der Waals surface area contributed by atoms with Crippen LogP contribution in [0.5, 0.6) is 0 Å². The average Bonchev–Trinajstić information content (AvgIpc) is 2.97. The Hall–Kier alpha value is -2.44. The Labute approximate surface area is 152 Å². The maximum Gasteiger partial charge on any atom is 0.203 e. The molecule has 3 aromatic rings. The number of benzene rings is 2. The number of fused-ring (bicyclic) bond motifs is 2. The Morgan fingerprint density at radius 1 is 1.19 bits per heavy atom. The summed E-state index contributed by atoms with van der Waals surface area (Å²) in [7, 11) is 1.77. The summed E-state index contributed by atoms with van der Waals surface area (Å²) in [6, 6.07) is 13.3. The highest BCUT2D eigenvalue weighted by atomic mass is 19.1. The van der Waals surface area contributed by atoms with Crippen molar-refractivity contribution < 1.29 is 9.50 Å². The van der Waals surface area contributed by atoms with Crippen LogP contribution in [0.3, 0.4) is 0 Å². The first-order valence-electron chi connectivity index (χ1n) is 8.94. The van der Waals surface area contributed by atoms with E-state index in [2.05, 4.69) is 39.5 Å². The summed E-state index contributed by atoms with van der Waals surface area (Å²) in [4.78, 5) is 6.68. The first kappa shape index (κ1) is 17.0. The van der Waals surface area contributed by atoms with E-state index in [9.17, 15) is 9.50 Å². The second-order valence-corrected chi connectivity index (χ2v) is 6.89. The smallest absolute Gasteiger partial charge is 0.203 e. The monoisotopic (exact) mass is 354 g/mol. The third kappa shape index (κ3) is 3.30. The molecule has 136 valence electrons. The van der Waals surface area contributed by atoms with E-state index in [0.717, 1.165) is 19.5 Å². The van der Waals surface area contributed by atoms with Crippen molar-refractivity contribution in [3.05, 3.63) is 59.4 Å². The van der Waals surface area contributed by atoms with Gasteiger partial charge in [-0.15, -0.1) is 0 Å². The van der Waals surface area contributed by atoms with Gasteiger partial charge in [-0.2, -0.15) is 0 Å². The van der Waals surface area contributed by atoms with Crippen LogP contribution in [-0.2, 0) is 20.0 Å². The molecule has 2 heterocycles. The number of aryl methyl sites for hydroxylation is 1. The number of hydrogen-bond donors (Lipinski definition) is 2. The fourth-order valence-electron chi connectivity index (χ4n) is 3.66. The molecule has 1 aromatic heterocycles. The van der Waals surface area contributed by atoms with Crippen molar-refractivity contribution in [2.75, 3.05) is 25.0 Å². The molecule has 6 heteroatoms. The summed E-state index contributed by atoms with van der Waals surface area (Å²) < 4.78 is 15.6. The van der Waals surface area contributed by atoms with Crippen molar-refractivity contribution in [1.82, 2.24) is 14.5 Å². The number of aliphatic hydroxyl groups is 1. The molecule has 2 N–H and O–H groups in total. The van der Waals surface area contributed by atoms with Gasteiger partial charge in [0.25, 0.3) is 0 Å². The highest BCUT2D eigenvalue weighted by molar-refractivity contribution is 5.79. The standard InChI is InChI=1S/C20H23FN4O/c1-24-19-17(21)7-4-8-18(19)23-20(24)22-11-16(26)13-25-10-9-14-5-2-3-6-15(14)12-25/h2-8,16,26H,9-13H2,1H3,(H,22,23)/t16-/m1/s1. The van der Waals surface area contributed by atoms with Gasteiger partial charge < -0.3 is 15.0 Å². The van der Waals surface area contributed by atoms with Gasteiger partial charge in [0.2, 0.25) is 5.95 Å². The number of hydrogen-bond acceptors (Lipinski definition) is 4. The Morgan fingerprint density at radius 3 is 2.81 bits per heavy atom. The molecule has 0 bridgehead atoms. The number of nitrogens with one attached hydrogen (secondary N) is 1. The number of β-amino-alcohol motifs (C(OH)–C–C–N with tert-alkyl or cyclic N) is 1. The van der Waals surface area contributed by atoms with Crippen LogP contribution in [0.15, 0.2) is 42.5 Å². The number of rotatable bonds is 5. The molecule has 0 radical (unpaired) electrons. The molecule has 4 rings (SSSR count). The number of halogens is 1. The molecule has 1 aliphatic rings. The summed E-state index contributed by atoms with van der Waals surface area (Å²) in [6.07, 6.45) is 0.491. The van der Waals surface area contributed by atoms with Crippen molar-refractivity contribution in [3.63, 3.8) is 0 Å².